The van der Waals surface area contributed by atoms with Crippen LogP contribution in [0, 0.1) is 3.57 Å². The van der Waals surface area contributed by atoms with Crippen LogP contribution in [0.4, 0.5) is 5.69 Å². The number of hydrazone groups is 1. The highest BCUT2D eigenvalue weighted by Crippen LogP contribution is 2.19. The molecule has 0 saturated carbocycles. The lowest BCUT2D eigenvalue weighted by molar-refractivity contribution is 1.02. The van der Waals surface area contributed by atoms with Gasteiger partial charge in [-0.25, -0.2) is 4.98 Å². The predicted molar refractivity (Wildman–Crippen MR) is 106 cm³/mol. The van der Waals surface area contributed by atoms with E-state index in [9.17, 15) is 0 Å². The molecule has 0 amide bonds. The Morgan fingerprint density at radius 3 is 2.61 bits per heavy atom. The summed E-state index contributed by atoms with van der Waals surface area (Å²) in [6, 6.07) is 18.7. The van der Waals surface area contributed by atoms with Crippen LogP contribution in [0.3, 0.4) is 0 Å². The highest BCUT2D eigenvalue weighted by Gasteiger charge is 2.02. The second-order valence-corrected chi connectivity index (χ2v) is 6.50. The van der Waals surface area contributed by atoms with Gasteiger partial charge in [-0.05, 0) is 58.8 Å². The Morgan fingerprint density at radius 2 is 1.87 bits per heavy atom. The number of hydrogen-bond acceptors (Lipinski definition) is 3. The van der Waals surface area contributed by atoms with Crippen LogP contribution in [0.5, 0.6) is 0 Å². The summed E-state index contributed by atoms with van der Waals surface area (Å²) < 4.78 is 1.15. The van der Waals surface area contributed by atoms with Crippen molar-refractivity contribution in [2.75, 3.05) is 12.1 Å². The van der Waals surface area contributed by atoms with E-state index in [1.165, 1.54) is 5.56 Å². The van der Waals surface area contributed by atoms with Gasteiger partial charge in [-0.2, -0.15) is 5.10 Å². The van der Waals surface area contributed by atoms with Gasteiger partial charge in [0.05, 0.1) is 23.1 Å². The molecule has 0 spiro atoms. The summed E-state index contributed by atoms with van der Waals surface area (Å²) in [5, 5.41) is 7.51. The zero-order valence-electron chi connectivity index (χ0n) is 13.2. The monoisotopic (exact) mass is 415 g/mol. The van der Waals surface area contributed by atoms with E-state index >= 15 is 0 Å². The minimum absolute atomic E-state index is 0.860. The van der Waals surface area contributed by atoms with Gasteiger partial charge in [0, 0.05) is 16.0 Å². The number of fused-ring (bicyclic) bond motifs is 1. The standard InChI is InChI=1S/C19H18IN3/c1-3-14-7-11-17(12-8-14)23(2)21-13-16-10-9-15-5-4-6-18(20)19(15)22-16/h4-13H,3H2,1-2H3/b21-13+. The summed E-state index contributed by atoms with van der Waals surface area (Å²) in [5.41, 5.74) is 4.27. The van der Waals surface area contributed by atoms with E-state index in [4.69, 9.17) is 0 Å². The van der Waals surface area contributed by atoms with Crippen molar-refractivity contribution in [1.82, 2.24) is 4.98 Å². The fourth-order valence-electron chi connectivity index (χ4n) is 2.36. The van der Waals surface area contributed by atoms with Gasteiger partial charge in [0.2, 0.25) is 0 Å². The summed E-state index contributed by atoms with van der Waals surface area (Å²) in [6.07, 6.45) is 2.85. The highest BCUT2D eigenvalue weighted by molar-refractivity contribution is 14.1. The molecule has 1 heterocycles. The molecule has 2 aromatic carbocycles. The first-order valence-corrected chi connectivity index (χ1v) is 8.67. The van der Waals surface area contributed by atoms with Crippen molar-refractivity contribution >= 4 is 45.4 Å². The topological polar surface area (TPSA) is 28.5 Å². The Hall–Kier alpha value is -1.95. The molecule has 116 valence electrons. The lowest BCUT2D eigenvalue weighted by atomic mass is 10.1. The van der Waals surface area contributed by atoms with Crippen LogP contribution >= 0.6 is 22.6 Å². The molecule has 0 unspecified atom stereocenters. The van der Waals surface area contributed by atoms with Crippen molar-refractivity contribution in [3.8, 4) is 0 Å². The van der Waals surface area contributed by atoms with Gasteiger partial charge in [0.15, 0.2) is 0 Å². The van der Waals surface area contributed by atoms with E-state index in [0.717, 1.165) is 32.3 Å². The Morgan fingerprint density at radius 1 is 1.09 bits per heavy atom. The van der Waals surface area contributed by atoms with Crippen LogP contribution in [-0.4, -0.2) is 18.2 Å². The quantitative estimate of drug-likeness (QED) is 0.346. The van der Waals surface area contributed by atoms with Crippen molar-refractivity contribution in [1.29, 1.82) is 0 Å². The minimum atomic E-state index is 0.860. The van der Waals surface area contributed by atoms with Crippen LogP contribution in [0.1, 0.15) is 18.2 Å². The zero-order chi connectivity index (χ0) is 16.2. The fourth-order valence-corrected chi connectivity index (χ4v) is 3.00. The summed E-state index contributed by atoms with van der Waals surface area (Å²) in [5.74, 6) is 0. The van der Waals surface area contributed by atoms with E-state index in [1.54, 1.807) is 6.21 Å². The molecule has 0 fully saturated rings. The SMILES string of the molecule is CCc1ccc(N(C)/N=C/c2ccc3cccc(I)c3n2)cc1. The number of aryl methyl sites for hydroxylation is 1. The number of aromatic nitrogens is 1. The number of para-hydroxylation sites is 1. The van der Waals surface area contributed by atoms with Crippen molar-refractivity contribution in [3.05, 3.63) is 69.4 Å². The molecule has 0 aliphatic carbocycles. The van der Waals surface area contributed by atoms with Gasteiger partial charge in [0.1, 0.15) is 0 Å². The number of nitrogens with zero attached hydrogens (tertiary/aromatic N) is 3. The number of anilines is 1. The van der Waals surface area contributed by atoms with Gasteiger partial charge in [-0.15, -0.1) is 0 Å². The first-order valence-electron chi connectivity index (χ1n) is 7.59. The largest absolute Gasteiger partial charge is 0.269 e. The van der Waals surface area contributed by atoms with Crippen LogP contribution in [0.2, 0.25) is 0 Å². The second-order valence-electron chi connectivity index (χ2n) is 5.34. The van der Waals surface area contributed by atoms with Gasteiger partial charge in [-0.3, -0.25) is 5.01 Å². The molecule has 0 aliphatic heterocycles. The average molecular weight is 415 g/mol. The summed E-state index contributed by atoms with van der Waals surface area (Å²) in [6.45, 7) is 2.16. The smallest absolute Gasteiger partial charge is 0.0843 e. The van der Waals surface area contributed by atoms with Gasteiger partial charge < -0.3 is 0 Å². The van der Waals surface area contributed by atoms with Crippen LogP contribution in [0.15, 0.2) is 59.7 Å². The second kappa shape index (κ2) is 7.08. The van der Waals surface area contributed by atoms with E-state index in [1.807, 2.05) is 24.2 Å². The molecule has 1 aromatic heterocycles. The third kappa shape index (κ3) is 3.69. The summed E-state index contributed by atoms with van der Waals surface area (Å²) >= 11 is 2.32. The molecule has 3 rings (SSSR count). The molecule has 3 aromatic rings. The first-order chi connectivity index (χ1) is 11.2. The normalized spacial score (nSPS) is 11.3. The first kappa shape index (κ1) is 15.9. The third-order valence-electron chi connectivity index (χ3n) is 3.77. The molecule has 23 heavy (non-hydrogen) atoms. The van der Waals surface area contributed by atoms with Gasteiger partial charge >= 0.3 is 0 Å². The molecule has 0 saturated heterocycles. The average Bonchev–Trinajstić information content (AvgIpc) is 2.60. The van der Waals surface area contributed by atoms with E-state index in [0.29, 0.717) is 0 Å². The fraction of sp³-hybridized carbons (Fsp3) is 0.158. The van der Waals surface area contributed by atoms with Crippen molar-refractivity contribution in [2.24, 2.45) is 5.10 Å². The van der Waals surface area contributed by atoms with Crippen molar-refractivity contribution < 1.29 is 0 Å². The number of rotatable bonds is 4. The molecule has 0 radical (unpaired) electrons. The van der Waals surface area contributed by atoms with Crippen LogP contribution < -0.4 is 5.01 Å². The lowest BCUT2D eigenvalue weighted by Crippen LogP contribution is -2.09. The van der Waals surface area contributed by atoms with E-state index < -0.39 is 0 Å². The predicted octanol–water partition coefficient (Wildman–Crippen LogP) is 4.87. The molecule has 0 atom stereocenters. The molecular weight excluding hydrogens is 397 g/mol. The molecule has 0 N–H and O–H groups in total. The van der Waals surface area contributed by atoms with E-state index in [2.05, 4.69) is 82.1 Å². The maximum atomic E-state index is 4.68. The zero-order valence-corrected chi connectivity index (χ0v) is 15.4. The number of hydrogen-bond donors (Lipinski definition) is 0. The minimum Gasteiger partial charge on any atom is -0.269 e. The van der Waals surface area contributed by atoms with Crippen molar-refractivity contribution in [3.63, 3.8) is 0 Å². The molecule has 4 heteroatoms. The van der Waals surface area contributed by atoms with Crippen LogP contribution in [0.25, 0.3) is 10.9 Å². The number of halogens is 1. The Balaban J connectivity index is 1.82. The highest BCUT2D eigenvalue weighted by atomic mass is 127. The molecule has 3 nitrogen and oxygen atoms in total. The lowest BCUT2D eigenvalue weighted by Gasteiger charge is -2.13. The Bertz CT molecular complexity index is 841. The van der Waals surface area contributed by atoms with Gasteiger partial charge in [-0.1, -0.05) is 37.3 Å². The Kier molecular flexibility index (Phi) is 4.91. The maximum absolute atomic E-state index is 4.68. The Labute approximate surface area is 150 Å². The van der Waals surface area contributed by atoms with Crippen LogP contribution in [-0.2, 0) is 6.42 Å². The number of benzene rings is 2. The molecule has 0 bridgehead atoms. The van der Waals surface area contributed by atoms with Gasteiger partial charge in [0.25, 0.3) is 0 Å². The molecular formula is C19H18IN3. The third-order valence-corrected chi connectivity index (χ3v) is 4.64. The van der Waals surface area contributed by atoms with Crippen molar-refractivity contribution in [2.45, 2.75) is 13.3 Å². The maximum Gasteiger partial charge on any atom is 0.0843 e. The summed E-state index contributed by atoms with van der Waals surface area (Å²) in [4.78, 5) is 4.68. The number of pyridine rings is 1. The van der Waals surface area contributed by atoms with E-state index in [-0.39, 0.29) is 0 Å². The molecule has 0 aliphatic rings. The summed E-state index contributed by atoms with van der Waals surface area (Å²) in [7, 11) is 1.95.